The Morgan fingerprint density at radius 3 is 2.82 bits per heavy atom. The Labute approximate surface area is 167 Å². The molecule has 0 amide bonds. The van der Waals surface area contributed by atoms with Gasteiger partial charge in [0.25, 0.3) is 0 Å². The molecule has 1 heterocycles. The van der Waals surface area contributed by atoms with Crippen LogP contribution in [0.5, 0.6) is 11.5 Å². The van der Waals surface area contributed by atoms with Crippen molar-refractivity contribution in [2.24, 2.45) is 11.8 Å². The summed E-state index contributed by atoms with van der Waals surface area (Å²) < 4.78 is 16.9. The smallest absolute Gasteiger partial charge is 0.308 e. The number of esters is 1. The molecular formula is C23H30O5. The molecule has 1 aliphatic heterocycles. The van der Waals surface area contributed by atoms with Crippen molar-refractivity contribution in [1.29, 1.82) is 0 Å². The van der Waals surface area contributed by atoms with Crippen LogP contribution < -0.4 is 9.47 Å². The van der Waals surface area contributed by atoms with E-state index in [0.29, 0.717) is 18.1 Å². The van der Waals surface area contributed by atoms with Gasteiger partial charge in [0, 0.05) is 12.8 Å². The molecule has 3 rings (SSSR count). The number of allylic oxidation sites excluding steroid dienone is 1. The van der Waals surface area contributed by atoms with Gasteiger partial charge < -0.3 is 14.2 Å². The molecule has 1 aromatic carbocycles. The van der Waals surface area contributed by atoms with Crippen LogP contribution in [0.1, 0.15) is 52.0 Å². The molecule has 3 atom stereocenters. The molecule has 28 heavy (non-hydrogen) atoms. The SMILES string of the molecule is CCC[C@H]1C[C@]2(C(C)Cc3ccc(OC)c(OC(C)=O)c3)OCCC2=CC1=O. The molecule has 1 saturated heterocycles. The van der Waals surface area contributed by atoms with E-state index < -0.39 is 0 Å². The van der Waals surface area contributed by atoms with Crippen LogP contribution in [0.15, 0.2) is 29.8 Å². The van der Waals surface area contributed by atoms with E-state index in [4.69, 9.17) is 14.2 Å². The number of rotatable bonds is 7. The molecule has 2 aliphatic rings. The van der Waals surface area contributed by atoms with Gasteiger partial charge >= 0.3 is 5.97 Å². The number of fused-ring (bicyclic) bond motifs is 1. The topological polar surface area (TPSA) is 61.8 Å². The van der Waals surface area contributed by atoms with Crippen molar-refractivity contribution in [3.63, 3.8) is 0 Å². The number of benzene rings is 1. The summed E-state index contributed by atoms with van der Waals surface area (Å²) in [6.45, 7) is 6.35. The number of hydrogen-bond acceptors (Lipinski definition) is 5. The molecule has 5 nitrogen and oxygen atoms in total. The lowest BCUT2D eigenvalue weighted by Gasteiger charge is -2.41. The highest BCUT2D eigenvalue weighted by Gasteiger charge is 2.49. The van der Waals surface area contributed by atoms with Gasteiger partial charge in [0.2, 0.25) is 0 Å². The minimum absolute atomic E-state index is 0.0433. The second-order valence-corrected chi connectivity index (χ2v) is 7.93. The van der Waals surface area contributed by atoms with Gasteiger partial charge in [-0.25, -0.2) is 0 Å². The average molecular weight is 386 g/mol. The summed E-state index contributed by atoms with van der Waals surface area (Å²) in [5.41, 5.74) is 1.83. The van der Waals surface area contributed by atoms with E-state index in [9.17, 15) is 9.59 Å². The van der Waals surface area contributed by atoms with Gasteiger partial charge in [-0.2, -0.15) is 0 Å². The molecule has 5 heteroatoms. The van der Waals surface area contributed by atoms with Crippen LogP contribution in [0.4, 0.5) is 0 Å². The maximum absolute atomic E-state index is 12.5. The van der Waals surface area contributed by atoms with Crippen LogP contribution in [-0.4, -0.2) is 31.1 Å². The predicted molar refractivity (Wildman–Crippen MR) is 107 cm³/mol. The van der Waals surface area contributed by atoms with Crippen molar-refractivity contribution in [2.45, 2.75) is 58.5 Å². The zero-order valence-electron chi connectivity index (χ0n) is 17.2. The second-order valence-electron chi connectivity index (χ2n) is 7.93. The lowest BCUT2D eigenvalue weighted by molar-refractivity contribution is -0.132. The Kier molecular flexibility index (Phi) is 6.23. The van der Waals surface area contributed by atoms with Gasteiger partial charge in [-0.15, -0.1) is 0 Å². The van der Waals surface area contributed by atoms with E-state index in [1.165, 1.54) is 6.92 Å². The Morgan fingerprint density at radius 2 is 2.14 bits per heavy atom. The van der Waals surface area contributed by atoms with Crippen molar-refractivity contribution in [1.82, 2.24) is 0 Å². The third-order valence-corrected chi connectivity index (χ3v) is 6.00. The van der Waals surface area contributed by atoms with Crippen LogP contribution in [0.2, 0.25) is 0 Å². The summed E-state index contributed by atoms with van der Waals surface area (Å²) in [6, 6.07) is 5.69. The van der Waals surface area contributed by atoms with Crippen molar-refractivity contribution < 1.29 is 23.8 Å². The van der Waals surface area contributed by atoms with Gasteiger partial charge in [-0.1, -0.05) is 26.3 Å². The van der Waals surface area contributed by atoms with Crippen molar-refractivity contribution in [3.05, 3.63) is 35.4 Å². The van der Waals surface area contributed by atoms with E-state index in [1.807, 2.05) is 24.3 Å². The molecule has 1 aliphatic carbocycles. The van der Waals surface area contributed by atoms with Crippen LogP contribution in [0.3, 0.4) is 0 Å². The summed E-state index contributed by atoms with van der Waals surface area (Å²) in [5, 5.41) is 0. The molecule has 152 valence electrons. The Hall–Kier alpha value is -2.14. The predicted octanol–water partition coefficient (Wildman–Crippen LogP) is 4.27. The van der Waals surface area contributed by atoms with Gasteiger partial charge in [0.1, 0.15) is 0 Å². The summed E-state index contributed by atoms with van der Waals surface area (Å²) in [6.07, 6.45) is 6.11. The van der Waals surface area contributed by atoms with Crippen molar-refractivity contribution in [3.8, 4) is 11.5 Å². The number of carbonyl (C=O) groups excluding carboxylic acids is 2. The fourth-order valence-corrected chi connectivity index (χ4v) is 4.64. The van der Waals surface area contributed by atoms with E-state index in [1.54, 1.807) is 7.11 Å². The highest BCUT2D eigenvalue weighted by molar-refractivity contribution is 5.94. The molecule has 1 unspecified atom stereocenters. The zero-order chi connectivity index (χ0) is 20.3. The van der Waals surface area contributed by atoms with E-state index in [-0.39, 0.29) is 29.2 Å². The summed E-state index contributed by atoms with van der Waals surface area (Å²) >= 11 is 0. The average Bonchev–Trinajstić information content (AvgIpc) is 3.06. The number of ketones is 1. The molecule has 1 fully saturated rings. The highest BCUT2D eigenvalue weighted by Crippen LogP contribution is 2.47. The first-order valence-electron chi connectivity index (χ1n) is 10.1. The third kappa shape index (κ3) is 4.00. The first-order valence-corrected chi connectivity index (χ1v) is 10.1. The fourth-order valence-electron chi connectivity index (χ4n) is 4.64. The van der Waals surface area contributed by atoms with E-state index in [2.05, 4.69) is 13.8 Å². The third-order valence-electron chi connectivity index (χ3n) is 6.00. The molecule has 0 spiro atoms. The van der Waals surface area contributed by atoms with E-state index >= 15 is 0 Å². The van der Waals surface area contributed by atoms with Crippen LogP contribution in [0.25, 0.3) is 0 Å². The summed E-state index contributed by atoms with van der Waals surface area (Å²) in [4.78, 5) is 23.9. The fraction of sp³-hybridized carbons (Fsp3) is 0.565. The summed E-state index contributed by atoms with van der Waals surface area (Å²) in [7, 11) is 1.56. The zero-order valence-corrected chi connectivity index (χ0v) is 17.2. The molecule has 0 saturated carbocycles. The minimum atomic E-state index is -0.375. The number of ether oxygens (including phenoxy) is 3. The number of methoxy groups -OCH3 is 1. The van der Waals surface area contributed by atoms with E-state index in [0.717, 1.165) is 43.2 Å². The number of carbonyl (C=O) groups is 2. The molecule has 0 radical (unpaired) electrons. The van der Waals surface area contributed by atoms with Crippen LogP contribution in [-0.2, 0) is 20.7 Å². The monoisotopic (exact) mass is 386 g/mol. The quantitative estimate of drug-likeness (QED) is 0.517. The minimum Gasteiger partial charge on any atom is -0.493 e. The van der Waals surface area contributed by atoms with Crippen LogP contribution >= 0.6 is 0 Å². The standard InChI is InChI=1S/C23H30O5/c1-5-6-18-14-23(19(9-10-27-23)13-20(18)25)15(2)11-17-7-8-21(26-4)22(12-17)28-16(3)24/h7-8,12-13,15,18H,5-6,9-11,14H2,1-4H3/t15?,18-,23+/m0/s1. The highest BCUT2D eigenvalue weighted by atomic mass is 16.6. The lowest BCUT2D eigenvalue weighted by atomic mass is 9.68. The number of hydrogen-bond donors (Lipinski definition) is 0. The Balaban J connectivity index is 1.85. The molecule has 0 N–H and O–H groups in total. The molecule has 0 aromatic heterocycles. The first-order chi connectivity index (χ1) is 13.4. The van der Waals surface area contributed by atoms with Gasteiger partial charge in [-0.05, 0) is 60.9 Å². The molecular weight excluding hydrogens is 356 g/mol. The molecule has 1 aromatic rings. The van der Waals surface area contributed by atoms with Crippen LogP contribution in [0, 0.1) is 11.8 Å². The van der Waals surface area contributed by atoms with Crippen molar-refractivity contribution >= 4 is 11.8 Å². The first kappa shape index (κ1) is 20.6. The largest absolute Gasteiger partial charge is 0.493 e. The maximum Gasteiger partial charge on any atom is 0.308 e. The van der Waals surface area contributed by atoms with Crippen molar-refractivity contribution in [2.75, 3.05) is 13.7 Å². The summed E-state index contributed by atoms with van der Waals surface area (Å²) in [5.74, 6) is 1.09. The van der Waals surface area contributed by atoms with Gasteiger partial charge in [-0.3, -0.25) is 9.59 Å². The lowest BCUT2D eigenvalue weighted by Crippen LogP contribution is -2.44. The van der Waals surface area contributed by atoms with Gasteiger partial charge in [0.15, 0.2) is 17.3 Å². The second kappa shape index (κ2) is 8.48. The normalized spacial score (nSPS) is 25.1. The Morgan fingerprint density at radius 1 is 1.36 bits per heavy atom. The van der Waals surface area contributed by atoms with Gasteiger partial charge in [0.05, 0.1) is 19.3 Å². The molecule has 0 bridgehead atoms. The maximum atomic E-state index is 12.5. The Bertz CT molecular complexity index is 781.